The Bertz CT molecular complexity index is 486. The van der Waals surface area contributed by atoms with E-state index in [0.29, 0.717) is 0 Å². The monoisotopic (exact) mass is 255 g/mol. The van der Waals surface area contributed by atoms with Gasteiger partial charge in [0, 0.05) is 0 Å². The largest absolute Gasteiger partial charge is 0.235 e. The summed E-state index contributed by atoms with van der Waals surface area (Å²) in [5, 5.41) is 2.01. The lowest BCUT2D eigenvalue weighted by Gasteiger charge is -1.98. The molecule has 2 rings (SSSR count). The molecule has 0 N–H and O–H groups in total. The zero-order valence-electron chi connectivity index (χ0n) is 8.30. The first kappa shape index (κ1) is 10.9. The van der Waals surface area contributed by atoms with E-state index in [1.54, 1.807) is 41.2 Å². The maximum atomic E-state index is 4.50. The Morgan fingerprint density at radius 1 is 1.33 bits per heavy atom. The molecule has 0 radical (unpaired) electrons. The topological polar surface area (TPSA) is 38.1 Å². The minimum absolute atomic E-state index is 0.772. The second-order valence-electron chi connectivity index (χ2n) is 2.62. The van der Waals surface area contributed by atoms with Crippen LogP contribution < -0.4 is 0 Å². The van der Waals surface area contributed by atoms with Crippen LogP contribution in [-0.4, -0.2) is 26.9 Å². The number of hydrogen-bond acceptors (Lipinski definition) is 6. The highest BCUT2D eigenvalue weighted by Crippen LogP contribution is 2.28. The summed E-state index contributed by atoms with van der Waals surface area (Å²) >= 11 is 4.89. The average molecular weight is 255 g/mol. The minimum atomic E-state index is 0.772. The predicted molar refractivity (Wildman–Crippen MR) is 71.5 cm³/mol. The summed E-state index contributed by atoms with van der Waals surface area (Å²) in [5.41, 5.74) is 0.968. The van der Waals surface area contributed by atoms with E-state index in [9.17, 15) is 0 Å². The summed E-state index contributed by atoms with van der Waals surface area (Å²) in [7, 11) is 0. The first-order chi connectivity index (χ1) is 7.35. The van der Waals surface area contributed by atoms with Gasteiger partial charge in [0.2, 0.25) is 0 Å². The third-order valence-corrected chi connectivity index (χ3v) is 4.55. The van der Waals surface area contributed by atoms with Crippen LogP contribution in [0.3, 0.4) is 0 Å². The highest BCUT2D eigenvalue weighted by molar-refractivity contribution is 8.38. The van der Waals surface area contributed by atoms with Gasteiger partial charge < -0.3 is 0 Å². The Balaban J connectivity index is 2.51. The van der Waals surface area contributed by atoms with Crippen molar-refractivity contribution >= 4 is 55.3 Å². The normalized spacial score (nSPS) is 10.5. The summed E-state index contributed by atoms with van der Waals surface area (Å²) in [6, 6.07) is 1.98. The predicted octanol–water partition coefficient (Wildman–Crippen LogP) is 3.40. The fourth-order valence-corrected chi connectivity index (χ4v) is 2.92. The van der Waals surface area contributed by atoms with Crippen molar-refractivity contribution in [3.05, 3.63) is 17.8 Å². The average Bonchev–Trinajstić information content (AvgIpc) is 2.74. The fourth-order valence-electron chi connectivity index (χ4n) is 1.12. The van der Waals surface area contributed by atoms with Gasteiger partial charge in [-0.25, -0.2) is 15.0 Å². The summed E-state index contributed by atoms with van der Waals surface area (Å²) in [5.74, 6) is 0.772. The quantitative estimate of drug-likeness (QED) is 0.578. The van der Waals surface area contributed by atoms with Crippen molar-refractivity contribution in [1.82, 2.24) is 9.97 Å². The van der Waals surface area contributed by atoms with Crippen molar-refractivity contribution in [3.63, 3.8) is 0 Å². The SMILES string of the molecule is CSC(=Nc1ncnc2ccsc12)SC. The summed E-state index contributed by atoms with van der Waals surface area (Å²) in [6.45, 7) is 0. The van der Waals surface area contributed by atoms with E-state index >= 15 is 0 Å². The van der Waals surface area contributed by atoms with E-state index in [0.717, 1.165) is 20.4 Å². The molecule has 6 heteroatoms. The molecular formula is C9H9N3S3. The van der Waals surface area contributed by atoms with E-state index in [1.165, 1.54) is 0 Å². The summed E-state index contributed by atoms with van der Waals surface area (Å²) in [4.78, 5) is 12.9. The van der Waals surface area contributed by atoms with Crippen LogP contribution in [0.25, 0.3) is 10.2 Å². The van der Waals surface area contributed by atoms with Gasteiger partial charge in [-0.05, 0) is 24.0 Å². The van der Waals surface area contributed by atoms with Crippen molar-refractivity contribution < 1.29 is 0 Å². The molecule has 0 fully saturated rings. The molecule has 3 nitrogen and oxygen atoms in total. The Hall–Kier alpha value is -0.590. The molecule has 0 saturated carbocycles. The van der Waals surface area contributed by atoms with Crippen molar-refractivity contribution in [2.24, 2.45) is 4.99 Å². The van der Waals surface area contributed by atoms with Crippen LogP contribution in [0.15, 0.2) is 22.8 Å². The third-order valence-electron chi connectivity index (χ3n) is 1.77. The first-order valence-corrected chi connectivity index (χ1v) is 7.53. The lowest BCUT2D eigenvalue weighted by molar-refractivity contribution is 1.21. The Morgan fingerprint density at radius 2 is 2.13 bits per heavy atom. The molecule has 2 heterocycles. The van der Waals surface area contributed by atoms with Gasteiger partial charge in [0.1, 0.15) is 10.7 Å². The van der Waals surface area contributed by atoms with E-state index in [2.05, 4.69) is 15.0 Å². The molecule has 0 aliphatic carbocycles. The molecule has 0 spiro atoms. The zero-order chi connectivity index (χ0) is 10.7. The molecule has 0 aliphatic heterocycles. The van der Waals surface area contributed by atoms with Crippen LogP contribution in [0.4, 0.5) is 5.82 Å². The Labute approximate surface area is 100 Å². The van der Waals surface area contributed by atoms with E-state index in [1.807, 2.05) is 24.0 Å². The van der Waals surface area contributed by atoms with E-state index in [4.69, 9.17) is 0 Å². The smallest absolute Gasteiger partial charge is 0.174 e. The lowest BCUT2D eigenvalue weighted by atomic mass is 10.4. The number of aliphatic imine (C=N–C) groups is 1. The van der Waals surface area contributed by atoms with Crippen molar-refractivity contribution in [3.8, 4) is 0 Å². The molecule has 0 amide bonds. The Kier molecular flexibility index (Phi) is 3.61. The van der Waals surface area contributed by atoms with Crippen LogP contribution in [0.5, 0.6) is 0 Å². The van der Waals surface area contributed by atoms with Crippen LogP contribution in [0.1, 0.15) is 0 Å². The molecule has 0 unspecified atom stereocenters. The first-order valence-electron chi connectivity index (χ1n) is 4.20. The molecule has 78 valence electrons. The van der Waals surface area contributed by atoms with E-state index in [-0.39, 0.29) is 0 Å². The number of fused-ring (bicyclic) bond motifs is 1. The molecule has 15 heavy (non-hydrogen) atoms. The third kappa shape index (κ3) is 2.32. The molecule has 0 aromatic carbocycles. The van der Waals surface area contributed by atoms with Crippen LogP contribution in [0.2, 0.25) is 0 Å². The van der Waals surface area contributed by atoms with Crippen molar-refractivity contribution in [2.75, 3.05) is 12.5 Å². The van der Waals surface area contributed by atoms with Gasteiger partial charge >= 0.3 is 0 Å². The molecular weight excluding hydrogens is 246 g/mol. The molecule has 2 aromatic heterocycles. The number of thiophene rings is 1. The maximum absolute atomic E-state index is 4.50. The van der Waals surface area contributed by atoms with Gasteiger partial charge in [-0.15, -0.1) is 34.9 Å². The van der Waals surface area contributed by atoms with Gasteiger partial charge in [0.25, 0.3) is 0 Å². The highest BCUT2D eigenvalue weighted by atomic mass is 32.2. The molecule has 0 aliphatic rings. The maximum Gasteiger partial charge on any atom is 0.174 e. The van der Waals surface area contributed by atoms with Crippen molar-refractivity contribution in [1.29, 1.82) is 0 Å². The summed E-state index contributed by atoms with van der Waals surface area (Å²) in [6.07, 6.45) is 5.59. The van der Waals surface area contributed by atoms with Gasteiger partial charge in [0.15, 0.2) is 5.82 Å². The number of rotatable bonds is 1. The van der Waals surface area contributed by atoms with Gasteiger partial charge in [0.05, 0.1) is 10.2 Å². The second-order valence-corrected chi connectivity index (χ2v) is 5.38. The number of nitrogens with zero attached hydrogens (tertiary/aromatic N) is 3. The van der Waals surface area contributed by atoms with Crippen molar-refractivity contribution in [2.45, 2.75) is 0 Å². The van der Waals surface area contributed by atoms with E-state index < -0.39 is 0 Å². The van der Waals surface area contributed by atoms with Gasteiger partial charge in [-0.1, -0.05) is 0 Å². The minimum Gasteiger partial charge on any atom is -0.235 e. The highest BCUT2D eigenvalue weighted by Gasteiger charge is 2.04. The van der Waals surface area contributed by atoms with Crippen LogP contribution in [-0.2, 0) is 0 Å². The zero-order valence-corrected chi connectivity index (χ0v) is 10.7. The molecule has 0 atom stereocenters. The molecule has 0 saturated heterocycles. The van der Waals surface area contributed by atoms with Crippen LogP contribution >= 0.6 is 34.9 Å². The second kappa shape index (κ2) is 4.96. The number of hydrogen-bond donors (Lipinski definition) is 0. The summed E-state index contributed by atoms with van der Waals surface area (Å²) < 4.78 is 2.07. The van der Waals surface area contributed by atoms with Gasteiger partial charge in [-0.3, -0.25) is 0 Å². The van der Waals surface area contributed by atoms with Crippen LogP contribution in [0, 0.1) is 0 Å². The number of thioether (sulfide) groups is 2. The number of aromatic nitrogens is 2. The molecule has 2 aromatic rings. The Morgan fingerprint density at radius 3 is 2.87 bits per heavy atom. The van der Waals surface area contributed by atoms with Gasteiger partial charge in [-0.2, -0.15) is 0 Å². The fraction of sp³-hybridized carbons (Fsp3) is 0.222. The molecule has 0 bridgehead atoms. The lowest BCUT2D eigenvalue weighted by Crippen LogP contribution is -1.84. The standard InChI is InChI=1S/C9H9N3S3/c1-13-9(14-2)12-8-7-6(3-4-15-7)10-5-11-8/h3-5H,1-2H3.